The summed E-state index contributed by atoms with van der Waals surface area (Å²) in [6, 6.07) is 12.4. The number of benzene rings is 2. The van der Waals surface area contributed by atoms with Gasteiger partial charge in [-0.2, -0.15) is 0 Å². The average molecular weight is 427 g/mol. The molecule has 30 heavy (non-hydrogen) atoms. The Morgan fingerprint density at radius 1 is 1.20 bits per heavy atom. The second-order valence-electron chi connectivity index (χ2n) is 7.17. The molecule has 1 aromatic heterocycles. The van der Waals surface area contributed by atoms with Crippen LogP contribution < -0.4 is 15.6 Å². The minimum absolute atomic E-state index is 0.00635. The first-order chi connectivity index (χ1) is 14.6. The molecule has 0 aliphatic carbocycles. The quantitative estimate of drug-likeness (QED) is 0.674. The zero-order chi connectivity index (χ0) is 21.1. The number of piperidine rings is 1. The Morgan fingerprint density at radius 3 is 2.73 bits per heavy atom. The number of hydrogen-bond donors (Lipinski definition) is 1. The number of aromatic nitrogens is 2. The number of nitrogens with zero attached hydrogens (tertiary/aromatic N) is 3. The lowest BCUT2D eigenvalue weighted by atomic mass is 10.0. The Balaban J connectivity index is 1.44. The van der Waals surface area contributed by atoms with Crippen molar-refractivity contribution in [2.24, 2.45) is 0 Å². The third-order valence-corrected chi connectivity index (χ3v) is 5.64. The van der Waals surface area contributed by atoms with Crippen LogP contribution >= 0.6 is 11.6 Å². The summed E-state index contributed by atoms with van der Waals surface area (Å²) in [5, 5.41) is 3.91. The number of halogens is 1. The number of carbonyl (C=O) groups excluding carboxylic acids is 1. The van der Waals surface area contributed by atoms with Gasteiger partial charge in [0, 0.05) is 19.1 Å². The maximum atomic E-state index is 12.9. The Kier molecular flexibility index (Phi) is 5.90. The number of rotatable bonds is 4. The van der Waals surface area contributed by atoms with Crippen LogP contribution in [0, 0.1) is 0 Å². The highest BCUT2D eigenvalue weighted by molar-refractivity contribution is 6.34. The molecule has 4 rings (SSSR count). The van der Waals surface area contributed by atoms with E-state index in [1.807, 2.05) is 31.2 Å². The van der Waals surface area contributed by atoms with E-state index in [-0.39, 0.29) is 17.6 Å². The smallest absolute Gasteiger partial charge is 0.321 e. The lowest BCUT2D eigenvalue weighted by Gasteiger charge is -2.33. The van der Waals surface area contributed by atoms with Crippen molar-refractivity contribution >= 4 is 34.2 Å². The summed E-state index contributed by atoms with van der Waals surface area (Å²) < 4.78 is 7.23. The average Bonchev–Trinajstić information content (AvgIpc) is 2.76. The number of fused-ring (bicyclic) bond motifs is 1. The Bertz CT molecular complexity index is 1120. The van der Waals surface area contributed by atoms with Crippen molar-refractivity contribution in [3.05, 3.63) is 64.2 Å². The SMILES string of the molecule is CCOc1ccccc1NC(=O)N1CCC(n2cnc3c(Cl)cccc3c2=O)CC1. The van der Waals surface area contributed by atoms with Gasteiger partial charge in [-0.25, -0.2) is 9.78 Å². The Hall–Kier alpha value is -3.06. The van der Waals surface area contributed by atoms with Crippen molar-refractivity contribution in [2.75, 3.05) is 25.0 Å². The van der Waals surface area contributed by atoms with E-state index in [1.165, 1.54) is 0 Å². The molecule has 2 heterocycles. The van der Waals surface area contributed by atoms with Gasteiger partial charge in [-0.3, -0.25) is 9.36 Å². The molecule has 0 bridgehead atoms. The number of hydrogen-bond acceptors (Lipinski definition) is 4. The van der Waals surface area contributed by atoms with Crippen molar-refractivity contribution in [3.63, 3.8) is 0 Å². The molecule has 1 aliphatic heterocycles. The normalized spacial score (nSPS) is 14.7. The van der Waals surface area contributed by atoms with Crippen molar-refractivity contribution in [1.82, 2.24) is 14.5 Å². The fraction of sp³-hybridized carbons (Fsp3) is 0.318. The summed E-state index contributed by atoms with van der Waals surface area (Å²) in [5.74, 6) is 0.649. The summed E-state index contributed by atoms with van der Waals surface area (Å²) in [7, 11) is 0. The highest BCUT2D eigenvalue weighted by Crippen LogP contribution is 2.26. The molecule has 1 saturated heterocycles. The zero-order valence-electron chi connectivity index (χ0n) is 16.7. The van der Waals surface area contributed by atoms with Crippen LogP contribution in [0.3, 0.4) is 0 Å². The molecule has 0 saturated carbocycles. The molecule has 156 valence electrons. The fourth-order valence-electron chi connectivity index (χ4n) is 3.78. The van der Waals surface area contributed by atoms with E-state index in [4.69, 9.17) is 16.3 Å². The second kappa shape index (κ2) is 8.75. The third-order valence-electron chi connectivity index (χ3n) is 5.34. The monoisotopic (exact) mass is 426 g/mol. The van der Waals surface area contributed by atoms with Gasteiger partial charge in [-0.1, -0.05) is 29.8 Å². The van der Waals surface area contributed by atoms with E-state index in [0.29, 0.717) is 59.9 Å². The van der Waals surface area contributed by atoms with Gasteiger partial charge in [0.25, 0.3) is 5.56 Å². The number of ether oxygens (including phenoxy) is 1. The molecular weight excluding hydrogens is 404 g/mol. The first-order valence-electron chi connectivity index (χ1n) is 10.0. The van der Waals surface area contributed by atoms with Crippen LogP contribution in [0.1, 0.15) is 25.8 Å². The van der Waals surface area contributed by atoms with Crippen LogP contribution in [0.25, 0.3) is 10.9 Å². The van der Waals surface area contributed by atoms with Gasteiger partial charge < -0.3 is 15.0 Å². The summed E-state index contributed by atoms with van der Waals surface area (Å²) in [5.41, 5.74) is 1.07. The van der Waals surface area contributed by atoms with Crippen LogP contribution in [-0.4, -0.2) is 40.2 Å². The number of amides is 2. The van der Waals surface area contributed by atoms with Gasteiger partial charge in [-0.05, 0) is 44.0 Å². The molecule has 1 N–H and O–H groups in total. The van der Waals surface area contributed by atoms with Gasteiger partial charge >= 0.3 is 6.03 Å². The molecular formula is C22H23ClN4O3. The number of anilines is 1. The molecule has 0 spiro atoms. The number of urea groups is 1. The second-order valence-corrected chi connectivity index (χ2v) is 7.58. The van der Waals surface area contributed by atoms with Gasteiger partial charge in [0.05, 0.1) is 34.5 Å². The molecule has 1 aliphatic rings. The molecule has 1 fully saturated rings. The van der Waals surface area contributed by atoms with Crippen LogP contribution in [0.5, 0.6) is 5.75 Å². The first-order valence-corrected chi connectivity index (χ1v) is 10.4. The van der Waals surface area contributed by atoms with Gasteiger partial charge in [0.2, 0.25) is 0 Å². The molecule has 2 amide bonds. The summed E-state index contributed by atoms with van der Waals surface area (Å²) in [4.78, 5) is 31.7. The van der Waals surface area contributed by atoms with E-state index in [2.05, 4.69) is 10.3 Å². The molecule has 7 nitrogen and oxygen atoms in total. The maximum Gasteiger partial charge on any atom is 0.321 e. The van der Waals surface area contributed by atoms with Crippen LogP contribution in [0.4, 0.5) is 10.5 Å². The minimum atomic E-state index is -0.170. The summed E-state index contributed by atoms with van der Waals surface area (Å²) in [6.07, 6.45) is 2.91. The Morgan fingerprint density at radius 2 is 1.97 bits per heavy atom. The zero-order valence-corrected chi connectivity index (χ0v) is 17.4. The lowest BCUT2D eigenvalue weighted by Crippen LogP contribution is -2.42. The van der Waals surface area contributed by atoms with Gasteiger partial charge in [0.15, 0.2) is 0 Å². The predicted octanol–water partition coefficient (Wildman–Crippen LogP) is 4.32. The third kappa shape index (κ3) is 3.98. The highest BCUT2D eigenvalue weighted by atomic mass is 35.5. The van der Waals surface area contributed by atoms with E-state index in [0.717, 1.165) is 0 Å². The molecule has 0 atom stereocenters. The molecule has 0 radical (unpaired) electrons. The number of carbonyl (C=O) groups is 1. The van der Waals surface area contributed by atoms with E-state index < -0.39 is 0 Å². The van der Waals surface area contributed by atoms with Crippen molar-refractivity contribution < 1.29 is 9.53 Å². The number of nitrogens with one attached hydrogen (secondary N) is 1. The molecule has 2 aromatic carbocycles. The number of para-hydroxylation sites is 3. The highest BCUT2D eigenvalue weighted by Gasteiger charge is 2.25. The van der Waals surface area contributed by atoms with Crippen molar-refractivity contribution in [3.8, 4) is 5.75 Å². The maximum absolute atomic E-state index is 12.9. The van der Waals surface area contributed by atoms with Crippen molar-refractivity contribution in [2.45, 2.75) is 25.8 Å². The number of likely N-dealkylation sites (tertiary alicyclic amines) is 1. The van der Waals surface area contributed by atoms with Crippen LogP contribution in [0.2, 0.25) is 5.02 Å². The standard InChI is InChI=1S/C22H23ClN4O3/c1-2-30-19-9-4-3-8-18(19)25-22(29)26-12-10-15(11-13-26)27-14-24-20-16(21(27)28)6-5-7-17(20)23/h3-9,14-15H,2,10-13H2,1H3,(H,25,29). The summed E-state index contributed by atoms with van der Waals surface area (Å²) >= 11 is 6.15. The summed E-state index contributed by atoms with van der Waals surface area (Å²) in [6.45, 7) is 3.53. The Labute approximate surface area is 179 Å². The van der Waals surface area contributed by atoms with E-state index in [1.54, 1.807) is 34.0 Å². The van der Waals surface area contributed by atoms with Gasteiger partial charge in [0.1, 0.15) is 5.75 Å². The molecule has 8 heteroatoms. The topological polar surface area (TPSA) is 76.5 Å². The molecule has 0 unspecified atom stereocenters. The predicted molar refractivity (Wildman–Crippen MR) is 117 cm³/mol. The van der Waals surface area contributed by atoms with Crippen molar-refractivity contribution in [1.29, 1.82) is 0 Å². The molecule has 3 aromatic rings. The lowest BCUT2D eigenvalue weighted by molar-refractivity contribution is 0.182. The van der Waals surface area contributed by atoms with E-state index in [9.17, 15) is 9.59 Å². The van der Waals surface area contributed by atoms with Crippen LogP contribution in [0.15, 0.2) is 53.6 Å². The first kappa shape index (κ1) is 20.2. The van der Waals surface area contributed by atoms with Gasteiger partial charge in [-0.15, -0.1) is 0 Å². The van der Waals surface area contributed by atoms with Crippen LogP contribution in [-0.2, 0) is 0 Å². The fourth-order valence-corrected chi connectivity index (χ4v) is 4.01. The minimum Gasteiger partial charge on any atom is -0.492 e. The van der Waals surface area contributed by atoms with E-state index >= 15 is 0 Å². The largest absolute Gasteiger partial charge is 0.492 e.